The molecule has 1 unspecified atom stereocenters. The van der Waals surface area contributed by atoms with Gasteiger partial charge in [0, 0.05) is 37.4 Å². The van der Waals surface area contributed by atoms with Gasteiger partial charge in [-0.15, -0.1) is 0 Å². The summed E-state index contributed by atoms with van der Waals surface area (Å²) in [5.74, 6) is 0.0531. The lowest BCUT2D eigenvalue weighted by Gasteiger charge is -2.39. The number of carbonyl (C=O) groups is 2. The largest absolute Gasteiger partial charge is 0.497 e. The van der Waals surface area contributed by atoms with E-state index in [2.05, 4.69) is 10.2 Å². The van der Waals surface area contributed by atoms with E-state index < -0.39 is 5.41 Å². The molecular weight excluding hydrogens is 375 g/mol. The van der Waals surface area contributed by atoms with E-state index in [1.165, 1.54) is 13.2 Å². The predicted octanol–water partition coefficient (Wildman–Crippen LogP) is 2.52. The number of nitrogens with zero attached hydrogens (tertiary/aromatic N) is 3. The monoisotopic (exact) mass is 400 g/mol. The summed E-state index contributed by atoms with van der Waals surface area (Å²) in [7, 11) is 1.53. The summed E-state index contributed by atoms with van der Waals surface area (Å²) in [5.41, 5.74) is 1.04. The van der Waals surface area contributed by atoms with Gasteiger partial charge in [-0.05, 0) is 50.5 Å². The molecule has 0 bridgehead atoms. The van der Waals surface area contributed by atoms with E-state index in [1.54, 1.807) is 28.0 Å². The first kappa shape index (κ1) is 19.4. The van der Waals surface area contributed by atoms with Crippen LogP contribution < -0.4 is 4.74 Å². The summed E-state index contributed by atoms with van der Waals surface area (Å²) in [6.45, 7) is 3.54. The maximum Gasteiger partial charge on any atom is 0.274 e. The van der Waals surface area contributed by atoms with Crippen LogP contribution in [0, 0.1) is 18.2 Å². The Morgan fingerprint density at radius 3 is 2.86 bits per heavy atom. The fraction of sp³-hybridized carbons (Fsp3) is 0.476. The average Bonchev–Trinajstić information content (AvgIpc) is 3.34. The van der Waals surface area contributed by atoms with Crippen molar-refractivity contribution in [1.82, 2.24) is 20.0 Å². The molecule has 2 aliphatic rings. The Labute approximate surface area is 168 Å². The average molecular weight is 400 g/mol. The van der Waals surface area contributed by atoms with Crippen molar-refractivity contribution >= 4 is 11.8 Å². The van der Waals surface area contributed by atoms with Crippen molar-refractivity contribution in [2.45, 2.75) is 32.7 Å². The third kappa shape index (κ3) is 3.59. The van der Waals surface area contributed by atoms with Crippen LogP contribution in [0.3, 0.4) is 0 Å². The molecule has 2 fully saturated rings. The highest BCUT2D eigenvalue weighted by Gasteiger charge is 2.49. The van der Waals surface area contributed by atoms with Gasteiger partial charge in [-0.3, -0.25) is 14.7 Å². The lowest BCUT2D eigenvalue weighted by Crippen LogP contribution is -2.50. The van der Waals surface area contributed by atoms with Crippen LogP contribution in [-0.4, -0.2) is 58.6 Å². The molecule has 0 aliphatic carbocycles. The van der Waals surface area contributed by atoms with E-state index in [1.807, 2.05) is 6.92 Å². The Hall–Kier alpha value is -2.90. The number of aromatic nitrogens is 2. The van der Waals surface area contributed by atoms with Gasteiger partial charge in [-0.25, -0.2) is 4.39 Å². The summed E-state index contributed by atoms with van der Waals surface area (Å²) >= 11 is 0. The van der Waals surface area contributed by atoms with Crippen LogP contribution in [0.4, 0.5) is 4.39 Å². The van der Waals surface area contributed by atoms with Gasteiger partial charge in [0.1, 0.15) is 17.3 Å². The molecule has 1 atom stereocenters. The number of aryl methyl sites for hydroxylation is 1. The molecule has 1 N–H and O–H groups in total. The third-order valence-electron chi connectivity index (χ3n) is 6.00. The molecular formula is C21H25FN4O3. The van der Waals surface area contributed by atoms with Crippen molar-refractivity contribution < 1.29 is 18.7 Å². The second kappa shape index (κ2) is 7.50. The van der Waals surface area contributed by atoms with E-state index >= 15 is 0 Å². The number of hydrogen-bond donors (Lipinski definition) is 1. The number of amides is 2. The number of hydrogen-bond acceptors (Lipinski definition) is 4. The quantitative estimate of drug-likeness (QED) is 0.856. The molecule has 2 saturated heterocycles. The smallest absolute Gasteiger partial charge is 0.274 e. The zero-order valence-corrected chi connectivity index (χ0v) is 16.7. The normalized spacial score (nSPS) is 21.8. The lowest BCUT2D eigenvalue weighted by atomic mass is 9.78. The van der Waals surface area contributed by atoms with Gasteiger partial charge >= 0.3 is 0 Å². The zero-order chi connectivity index (χ0) is 20.6. The molecule has 1 aromatic carbocycles. The summed E-state index contributed by atoms with van der Waals surface area (Å²) in [4.78, 5) is 29.5. The van der Waals surface area contributed by atoms with Crippen molar-refractivity contribution in [2.24, 2.45) is 5.41 Å². The minimum absolute atomic E-state index is 0.000483. The Morgan fingerprint density at radius 2 is 2.14 bits per heavy atom. The molecule has 2 amide bonds. The van der Waals surface area contributed by atoms with Gasteiger partial charge in [-0.2, -0.15) is 5.10 Å². The number of benzene rings is 1. The van der Waals surface area contributed by atoms with E-state index in [-0.39, 0.29) is 24.2 Å². The molecule has 0 saturated carbocycles. The zero-order valence-electron chi connectivity index (χ0n) is 16.7. The van der Waals surface area contributed by atoms with Gasteiger partial charge in [0.2, 0.25) is 5.91 Å². The highest BCUT2D eigenvalue weighted by molar-refractivity contribution is 5.94. The molecule has 0 radical (unpaired) electrons. The van der Waals surface area contributed by atoms with Crippen LogP contribution in [0.5, 0.6) is 5.75 Å². The van der Waals surface area contributed by atoms with Gasteiger partial charge in [0.05, 0.1) is 12.5 Å². The molecule has 1 spiro atoms. The fourth-order valence-electron chi connectivity index (χ4n) is 4.42. The predicted molar refractivity (Wildman–Crippen MR) is 104 cm³/mol. The maximum atomic E-state index is 14.3. The summed E-state index contributed by atoms with van der Waals surface area (Å²) in [6.07, 6.45) is 2.20. The summed E-state index contributed by atoms with van der Waals surface area (Å²) < 4.78 is 19.4. The minimum atomic E-state index is -0.589. The molecule has 154 valence electrons. The van der Waals surface area contributed by atoms with Gasteiger partial charge in [0.15, 0.2) is 0 Å². The molecule has 2 aliphatic heterocycles. The number of H-pyrrole nitrogens is 1. The highest BCUT2D eigenvalue weighted by atomic mass is 19.1. The fourth-order valence-corrected chi connectivity index (χ4v) is 4.42. The van der Waals surface area contributed by atoms with Crippen molar-refractivity contribution in [3.8, 4) is 5.75 Å². The first-order valence-electron chi connectivity index (χ1n) is 9.85. The second-order valence-electron chi connectivity index (χ2n) is 7.98. The molecule has 4 rings (SSSR count). The standard InChI is InChI=1S/C21H25FN4O3/c1-14-10-18(24-23-14)19(27)26-9-7-21(13-26)6-3-8-25(20(21)28)12-15-11-16(29-2)4-5-17(15)22/h4-5,10-11H,3,6-9,12-13H2,1-2H3,(H,23,24). The number of aromatic amines is 1. The number of piperidine rings is 1. The number of ether oxygens (including phenoxy) is 1. The van der Waals surface area contributed by atoms with Gasteiger partial charge in [0.25, 0.3) is 5.91 Å². The van der Waals surface area contributed by atoms with Crippen molar-refractivity contribution in [2.75, 3.05) is 26.7 Å². The lowest BCUT2D eigenvalue weighted by molar-refractivity contribution is -0.146. The minimum Gasteiger partial charge on any atom is -0.497 e. The second-order valence-corrected chi connectivity index (χ2v) is 7.98. The number of methoxy groups -OCH3 is 1. The molecule has 2 aromatic rings. The van der Waals surface area contributed by atoms with E-state index in [0.29, 0.717) is 43.1 Å². The molecule has 3 heterocycles. The summed E-state index contributed by atoms with van der Waals surface area (Å²) in [6, 6.07) is 6.28. The van der Waals surface area contributed by atoms with Crippen LogP contribution in [0.15, 0.2) is 24.3 Å². The van der Waals surface area contributed by atoms with Crippen LogP contribution in [0.2, 0.25) is 0 Å². The topological polar surface area (TPSA) is 78.5 Å². The Kier molecular flexibility index (Phi) is 5.02. The number of likely N-dealkylation sites (tertiary alicyclic amines) is 2. The Bertz CT molecular complexity index is 944. The number of rotatable bonds is 4. The van der Waals surface area contributed by atoms with E-state index in [0.717, 1.165) is 18.5 Å². The number of carbonyl (C=O) groups excluding carboxylic acids is 2. The molecule has 1 aromatic heterocycles. The van der Waals surface area contributed by atoms with E-state index in [9.17, 15) is 14.0 Å². The highest BCUT2D eigenvalue weighted by Crippen LogP contribution is 2.41. The van der Waals surface area contributed by atoms with Crippen LogP contribution in [0.25, 0.3) is 0 Å². The van der Waals surface area contributed by atoms with Gasteiger partial charge < -0.3 is 14.5 Å². The first-order valence-corrected chi connectivity index (χ1v) is 9.85. The van der Waals surface area contributed by atoms with Crippen LogP contribution in [-0.2, 0) is 11.3 Å². The Balaban J connectivity index is 1.49. The third-order valence-corrected chi connectivity index (χ3v) is 6.00. The maximum absolute atomic E-state index is 14.3. The van der Waals surface area contributed by atoms with Gasteiger partial charge in [-0.1, -0.05) is 0 Å². The Morgan fingerprint density at radius 1 is 1.31 bits per heavy atom. The van der Waals surface area contributed by atoms with Crippen molar-refractivity contribution in [1.29, 1.82) is 0 Å². The van der Waals surface area contributed by atoms with Crippen molar-refractivity contribution in [3.63, 3.8) is 0 Å². The van der Waals surface area contributed by atoms with Crippen molar-refractivity contribution in [3.05, 3.63) is 47.0 Å². The van der Waals surface area contributed by atoms with Crippen LogP contribution >= 0.6 is 0 Å². The molecule has 7 nitrogen and oxygen atoms in total. The van der Waals surface area contributed by atoms with E-state index in [4.69, 9.17) is 4.74 Å². The summed E-state index contributed by atoms with van der Waals surface area (Å²) in [5, 5.41) is 6.83. The number of nitrogens with one attached hydrogen (secondary N) is 1. The first-order chi connectivity index (χ1) is 13.9. The molecule has 29 heavy (non-hydrogen) atoms. The SMILES string of the molecule is COc1ccc(F)c(CN2CCCC3(CCN(C(=O)c4cc(C)[nH]n4)C3)C2=O)c1. The van der Waals surface area contributed by atoms with Crippen LogP contribution in [0.1, 0.15) is 41.0 Å². The molecule has 8 heteroatoms. The number of halogens is 1.